The molecular formula is C15H15F3N2. The molecule has 0 saturated carbocycles. The van der Waals surface area contributed by atoms with E-state index in [1.807, 2.05) is 12.2 Å². The summed E-state index contributed by atoms with van der Waals surface area (Å²) >= 11 is 0. The van der Waals surface area contributed by atoms with E-state index in [-0.39, 0.29) is 0 Å². The van der Waals surface area contributed by atoms with Gasteiger partial charge in [0.05, 0.1) is 5.56 Å². The molecule has 5 heteroatoms. The van der Waals surface area contributed by atoms with Crippen molar-refractivity contribution in [2.24, 2.45) is 17.6 Å². The molecule has 2 N–H and O–H groups in total. The SMILES string of the molecule is NC1=CC2CN(c3ccc(C(F)(F)F)cc3)CC2C=C1. The van der Waals surface area contributed by atoms with E-state index >= 15 is 0 Å². The van der Waals surface area contributed by atoms with Crippen molar-refractivity contribution in [1.82, 2.24) is 0 Å². The number of nitrogens with zero attached hydrogens (tertiary/aromatic N) is 1. The van der Waals surface area contributed by atoms with Crippen molar-refractivity contribution in [3.63, 3.8) is 0 Å². The van der Waals surface area contributed by atoms with Crippen LogP contribution in [0.1, 0.15) is 5.56 Å². The van der Waals surface area contributed by atoms with Gasteiger partial charge >= 0.3 is 6.18 Å². The Morgan fingerprint density at radius 2 is 1.70 bits per heavy atom. The van der Waals surface area contributed by atoms with E-state index in [2.05, 4.69) is 11.0 Å². The van der Waals surface area contributed by atoms with Gasteiger partial charge in [-0.15, -0.1) is 0 Å². The lowest BCUT2D eigenvalue weighted by Gasteiger charge is -2.19. The third-order valence-corrected chi connectivity index (χ3v) is 3.91. The van der Waals surface area contributed by atoms with Crippen LogP contribution in [0.5, 0.6) is 0 Å². The smallest absolute Gasteiger partial charge is 0.399 e. The Labute approximate surface area is 115 Å². The molecule has 3 rings (SSSR count). The molecule has 0 bridgehead atoms. The summed E-state index contributed by atoms with van der Waals surface area (Å²) in [6.45, 7) is 1.61. The summed E-state index contributed by atoms with van der Waals surface area (Å²) in [5.74, 6) is 0.742. The van der Waals surface area contributed by atoms with Crippen LogP contribution in [0.2, 0.25) is 0 Å². The minimum absolute atomic E-state index is 0.349. The Kier molecular flexibility index (Phi) is 3.00. The second-order valence-corrected chi connectivity index (χ2v) is 5.30. The van der Waals surface area contributed by atoms with Gasteiger partial charge in [-0.2, -0.15) is 13.2 Å². The summed E-state index contributed by atoms with van der Waals surface area (Å²) < 4.78 is 37.6. The number of halogens is 3. The number of nitrogens with two attached hydrogens (primary N) is 1. The molecule has 1 aromatic carbocycles. The van der Waals surface area contributed by atoms with Crippen LogP contribution in [0.3, 0.4) is 0 Å². The molecule has 20 heavy (non-hydrogen) atoms. The number of fused-ring (bicyclic) bond motifs is 1. The van der Waals surface area contributed by atoms with Gasteiger partial charge in [0.2, 0.25) is 0 Å². The third kappa shape index (κ3) is 2.40. The van der Waals surface area contributed by atoms with E-state index in [0.29, 0.717) is 11.8 Å². The summed E-state index contributed by atoms with van der Waals surface area (Å²) in [7, 11) is 0. The summed E-state index contributed by atoms with van der Waals surface area (Å²) in [6.07, 6.45) is 1.74. The molecular weight excluding hydrogens is 265 g/mol. The predicted molar refractivity (Wildman–Crippen MR) is 72.0 cm³/mol. The maximum atomic E-state index is 12.5. The number of anilines is 1. The van der Waals surface area contributed by atoms with E-state index in [4.69, 9.17) is 5.73 Å². The maximum absolute atomic E-state index is 12.5. The monoisotopic (exact) mass is 280 g/mol. The topological polar surface area (TPSA) is 29.3 Å². The number of allylic oxidation sites excluding steroid dienone is 1. The van der Waals surface area contributed by atoms with Gasteiger partial charge in [-0.25, -0.2) is 0 Å². The van der Waals surface area contributed by atoms with Crippen LogP contribution in [0.4, 0.5) is 18.9 Å². The molecule has 0 aromatic heterocycles. The summed E-state index contributed by atoms with van der Waals surface area (Å²) in [4.78, 5) is 2.11. The van der Waals surface area contributed by atoms with Gasteiger partial charge in [0.1, 0.15) is 0 Å². The summed E-state index contributed by atoms with van der Waals surface area (Å²) in [6, 6.07) is 5.35. The lowest BCUT2D eigenvalue weighted by atomic mass is 9.91. The Morgan fingerprint density at radius 1 is 1.05 bits per heavy atom. The first-order chi connectivity index (χ1) is 9.43. The van der Waals surface area contributed by atoms with Gasteiger partial charge in [0.15, 0.2) is 0 Å². The van der Waals surface area contributed by atoms with Crippen molar-refractivity contribution >= 4 is 5.69 Å². The van der Waals surface area contributed by atoms with Crippen LogP contribution in [-0.2, 0) is 6.18 Å². The highest BCUT2D eigenvalue weighted by Gasteiger charge is 2.33. The fourth-order valence-corrected chi connectivity index (χ4v) is 2.84. The predicted octanol–water partition coefficient (Wildman–Crippen LogP) is 3.17. The van der Waals surface area contributed by atoms with Crippen molar-refractivity contribution in [3.05, 3.63) is 53.8 Å². The van der Waals surface area contributed by atoms with Gasteiger partial charge in [-0.1, -0.05) is 12.2 Å². The fraction of sp³-hybridized carbons (Fsp3) is 0.333. The summed E-state index contributed by atoms with van der Waals surface area (Å²) in [5, 5.41) is 0. The Balaban J connectivity index is 1.77. The molecule has 106 valence electrons. The lowest BCUT2D eigenvalue weighted by molar-refractivity contribution is -0.137. The molecule has 1 aliphatic heterocycles. The Morgan fingerprint density at radius 3 is 2.35 bits per heavy atom. The number of benzene rings is 1. The number of hydrogen-bond acceptors (Lipinski definition) is 2. The normalized spacial score (nSPS) is 25.6. The zero-order chi connectivity index (χ0) is 14.3. The van der Waals surface area contributed by atoms with Crippen molar-refractivity contribution in [2.45, 2.75) is 6.18 Å². The van der Waals surface area contributed by atoms with Gasteiger partial charge < -0.3 is 10.6 Å². The van der Waals surface area contributed by atoms with E-state index < -0.39 is 11.7 Å². The van der Waals surface area contributed by atoms with Crippen LogP contribution >= 0.6 is 0 Å². The number of alkyl halides is 3. The van der Waals surface area contributed by atoms with E-state index in [0.717, 1.165) is 36.6 Å². The zero-order valence-electron chi connectivity index (χ0n) is 10.8. The molecule has 0 amide bonds. The van der Waals surface area contributed by atoms with Crippen molar-refractivity contribution in [2.75, 3.05) is 18.0 Å². The summed E-state index contributed by atoms with van der Waals surface area (Å²) in [5.41, 5.74) is 6.75. The Hall–Kier alpha value is -1.91. The third-order valence-electron chi connectivity index (χ3n) is 3.91. The average molecular weight is 280 g/mol. The number of hydrogen-bond donors (Lipinski definition) is 1. The first-order valence-corrected chi connectivity index (χ1v) is 6.51. The van der Waals surface area contributed by atoms with Crippen molar-refractivity contribution in [3.8, 4) is 0 Å². The van der Waals surface area contributed by atoms with Crippen LogP contribution in [-0.4, -0.2) is 13.1 Å². The van der Waals surface area contributed by atoms with Gasteiger partial charge in [-0.05, 0) is 30.3 Å². The second kappa shape index (κ2) is 4.58. The molecule has 2 atom stereocenters. The Bertz CT molecular complexity index is 557. The fourth-order valence-electron chi connectivity index (χ4n) is 2.84. The molecule has 2 nitrogen and oxygen atoms in total. The van der Waals surface area contributed by atoms with Crippen molar-refractivity contribution < 1.29 is 13.2 Å². The standard InChI is InChI=1S/C15H15F3N2/c16-15(17,18)12-2-5-14(6-3-12)20-8-10-1-4-13(19)7-11(10)9-20/h1-7,10-11H,8-9,19H2. The van der Waals surface area contributed by atoms with Gasteiger partial charge in [-0.3, -0.25) is 0 Å². The highest BCUT2D eigenvalue weighted by atomic mass is 19.4. The molecule has 1 heterocycles. The van der Waals surface area contributed by atoms with Crippen LogP contribution < -0.4 is 10.6 Å². The molecule has 0 radical (unpaired) electrons. The largest absolute Gasteiger partial charge is 0.416 e. The highest BCUT2D eigenvalue weighted by Crippen LogP contribution is 2.35. The zero-order valence-corrected chi connectivity index (χ0v) is 10.8. The van der Waals surface area contributed by atoms with E-state index in [9.17, 15) is 13.2 Å². The molecule has 1 aromatic rings. The van der Waals surface area contributed by atoms with Crippen LogP contribution in [0.25, 0.3) is 0 Å². The maximum Gasteiger partial charge on any atom is 0.416 e. The highest BCUT2D eigenvalue weighted by molar-refractivity contribution is 5.50. The quantitative estimate of drug-likeness (QED) is 0.856. The van der Waals surface area contributed by atoms with Gasteiger partial charge in [0, 0.05) is 36.3 Å². The molecule has 1 saturated heterocycles. The first kappa shape index (κ1) is 13.1. The molecule has 1 fully saturated rings. The molecule has 1 aliphatic carbocycles. The minimum atomic E-state index is -4.28. The second-order valence-electron chi connectivity index (χ2n) is 5.30. The van der Waals surface area contributed by atoms with Crippen molar-refractivity contribution in [1.29, 1.82) is 0 Å². The van der Waals surface area contributed by atoms with Gasteiger partial charge in [0.25, 0.3) is 0 Å². The first-order valence-electron chi connectivity index (χ1n) is 6.51. The molecule has 0 spiro atoms. The van der Waals surface area contributed by atoms with Crippen LogP contribution in [0.15, 0.2) is 48.2 Å². The average Bonchev–Trinajstić information content (AvgIpc) is 2.80. The van der Waals surface area contributed by atoms with E-state index in [1.54, 1.807) is 0 Å². The van der Waals surface area contributed by atoms with E-state index in [1.165, 1.54) is 12.1 Å². The lowest BCUT2D eigenvalue weighted by Crippen LogP contribution is -2.19. The molecule has 2 unspecified atom stereocenters. The minimum Gasteiger partial charge on any atom is -0.399 e. The van der Waals surface area contributed by atoms with Crippen LogP contribution in [0, 0.1) is 11.8 Å². The number of rotatable bonds is 1. The molecule has 2 aliphatic rings.